The normalized spacial score (nSPS) is 27.8. The van der Waals surface area contributed by atoms with Crippen molar-refractivity contribution in [2.45, 2.75) is 369 Å². The molecule has 0 spiro atoms. The summed E-state index contributed by atoms with van der Waals surface area (Å²) in [6, 6.07) is -0.996. The first kappa shape index (κ1) is 85.5. The number of aliphatic hydroxyl groups excluding tert-OH is 11. The summed E-state index contributed by atoms with van der Waals surface area (Å²) >= 11 is 0. The van der Waals surface area contributed by atoms with Gasteiger partial charge in [0.1, 0.15) is 73.2 Å². The van der Waals surface area contributed by atoms with Gasteiger partial charge in [0.25, 0.3) is 0 Å². The highest BCUT2D eigenvalue weighted by Crippen LogP contribution is 2.33. The maximum absolute atomic E-state index is 13.4. The zero-order valence-electron chi connectivity index (χ0n) is 57.9. The molecule has 3 heterocycles. The van der Waals surface area contributed by atoms with Crippen molar-refractivity contribution in [3.8, 4) is 0 Å². The van der Waals surface area contributed by atoms with Crippen LogP contribution < -0.4 is 5.32 Å². The minimum Gasteiger partial charge on any atom is -0.394 e. The van der Waals surface area contributed by atoms with Gasteiger partial charge in [0.05, 0.1) is 38.6 Å². The highest BCUT2D eigenvalue weighted by molar-refractivity contribution is 5.76. The molecule has 3 aliphatic rings. The van der Waals surface area contributed by atoms with Crippen LogP contribution in [0.1, 0.15) is 264 Å². The Labute approximate surface area is 566 Å². The summed E-state index contributed by atoms with van der Waals surface area (Å²) < 4.78 is 34.4. The van der Waals surface area contributed by atoms with Crippen molar-refractivity contribution in [3.63, 3.8) is 0 Å². The molecule has 19 heteroatoms. The monoisotopic (exact) mass is 1340 g/mol. The molecule has 3 aliphatic heterocycles. The second-order valence-corrected chi connectivity index (χ2v) is 26.4. The lowest BCUT2D eigenvalue weighted by atomic mass is 9.96. The maximum Gasteiger partial charge on any atom is 0.220 e. The smallest absolute Gasteiger partial charge is 0.220 e. The van der Waals surface area contributed by atoms with Crippen molar-refractivity contribution in [2.24, 2.45) is 0 Å². The minimum atomic E-state index is -1.99. The van der Waals surface area contributed by atoms with E-state index in [1.165, 1.54) is 161 Å². The predicted molar refractivity (Wildman–Crippen MR) is 369 cm³/mol. The molecule has 3 rings (SSSR count). The molecule has 1 amide bonds. The van der Waals surface area contributed by atoms with Gasteiger partial charge in [0.2, 0.25) is 5.91 Å². The second kappa shape index (κ2) is 56.0. The minimum absolute atomic E-state index is 0.201. The first-order valence-corrected chi connectivity index (χ1v) is 37.2. The number of rotatable bonds is 57. The molecule has 0 saturated carbocycles. The highest BCUT2D eigenvalue weighted by Gasteiger charge is 2.53. The van der Waals surface area contributed by atoms with E-state index in [0.717, 1.165) is 77.0 Å². The van der Waals surface area contributed by atoms with E-state index >= 15 is 0 Å². The fourth-order valence-corrected chi connectivity index (χ4v) is 12.3. The number of nitrogens with one attached hydrogen (secondary N) is 1. The van der Waals surface area contributed by atoms with Crippen LogP contribution in [0.2, 0.25) is 0 Å². The number of carbonyl (C=O) groups excluding carboxylic acids is 1. The van der Waals surface area contributed by atoms with E-state index in [4.69, 9.17) is 28.4 Å². The van der Waals surface area contributed by atoms with Gasteiger partial charge < -0.3 is 89.9 Å². The second-order valence-electron chi connectivity index (χ2n) is 26.4. The molecule has 3 saturated heterocycles. The molecule has 0 bridgehead atoms. The maximum atomic E-state index is 13.4. The molecule has 17 unspecified atom stereocenters. The van der Waals surface area contributed by atoms with Gasteiger partial charge in [-0.05, 0) is 64.2 Å². The SMILES string of the molecule is CC/C=C\C/C=C\C/C=C\C/C=C\C/C=C\CCCCCC(=O)NC(COC1OC(CO)C(OC2OC(CO)C(OC3OC(CO)C(O)C(O)C3O)C(O)C2O)C(O)C1O)C(O)/C=C/CCCCCCCCCCCCCCCCCCCCCCCCCCCCCC. The van der Waals surface area contributed by atoms with Gasteiger partial charge in [-0.15, -0.1) is 0 Å². The number of allylic oxidation sites excluding steroid dienone is 11. The summed E-state index contributed by atoms with van der Waals surface area (Å²) in [5.74, 6) is -0.307. The standard InChI is InChI=1S/C75H133NO18/c1-3-5-7-9-11-13-15-17-19-21-23-24-25-26-27-28-29-30-31-32-33-35-36-38-40-42-44-46-48-50-52-59(80)58(76-63(81)53-51-49-47-45-43-41-39-37-34-22-20-18-16-14-12-10-8-6-4-2)57-89-73-69(87)66(84)71(61(55-78)91-73)94-75-70(88)67(85)72(62(56-79)92-75)93-74-68(86)65(83)64(82)60(54-77)90-74/h6,8,12,14,18,20,34,37,41,43,50,52,58-62,64-75,77-80,82-88H,3-5,7,9-11,13,15-17,19,21-33,35-36,38-40,42,44-49,51,53-57H2,1-2H3,(H,76,81)/b8-6-,14-12-,20-18-,37-34-,43-41-,52-50+. The molecular weight excluding hydrogens is 1200 g/mol. The zero-order valence-corrected chi connectivity index (χ0v) is 57.9. The summed E-state index contributed by atoms with van der Waals surface area (Å²) in [5.41, 5.74) is 0. The average molecular weight is 1340 g/mol. The summed E-state index contributed by atoms with van der Waals surface area (Å²) in [6.45, 7) is 1.61. The van der Waals surface area contributed by atoms with Crippen molar-refractivity contribution < 1.29 is 89.4 Å². The number of carbonyl (C=O) groups is 1. The van der Waals surface area contributed by atoms with Crippen LogP contribution >= 0.6 is 0 Å². The molecule has 17 atom stereocenters. The largest absolute Gasteiger partial charge is 0.394 e. The van der Waals surface area contributed by atoms with E-state index in [1.807, 2.05) is 6.08 Å². The van der Waals surface area contributed by atoms with E-state index in [-0.39, 0.29) is 18.9 Å². The van der Waals surface area contributed by atoms with Gasteiger partial charge >= 0.3 is 0 Å². The van der Waals surface area contributed by atoms with Gasteiger partial charge in [-0.1, -0.05) is 267 Å². The van der Waals surface area contributed by atoms with Crippen LogP contribution in [0.25, 0.3) is 0 Å². The van der Waals surface area contributed by atoms with Crippen molar-refractivity contribution in [1.29, 1.82) is 0 Å². The number of hydrogen-bond acceptors (Lipinski definition) is 18. The third-order valence-corrected chi connectivity index (χ3v) is 18.3. The molecule has 0 aromatic rings. The molecule has 94 heavy (non-hydrogen) atoms. The number of unbranched alkanes of at least 4 members (excludes halogenated alkanes) is 31. The van der Waals surface area contributed by atoms with E-state index < -0.39 is 124 Å². The van der Waals surface area contributed by atoms with Crippen LogP contribution in [-0.4, -0.2) is 193 Å². The fourth-order valence-electron chi connectivity index (χ4n) is 12.3. The van der Waals surface area contributed by atoms with Gasteiger partial charge in [-0.25, -0.2) is 0 Å². The average Bonchev–Trinajstić information content (AvgIpc) is 0.787. The Bertz CT molecular complexity index is 1980. The molecule has 0 aliphatic carbocycles. The molecule has 546 valence electrons. The van der Waals surface area contributed by atoms with Gasteiger partial charge in [0.15, 0.2) is 18.9 Å². The molecular formula is C75H133NO18. The van der Waals surface area contributed by atoms with Crippen LogP contribution in [0.3, 0.4) is 0 Å². The van der Waals surface area contributed by atoms with Crippen molar-refractivity contribution in [1.82, 2.24) is 5.32 Å². The molecule has 0 aromatic heterocycles. The third-order valence-electron chi connectivity index (χ3n) is 18.3. The van der Waals surface area contributed by atoms with Gasteiger partial charge in [-0.3, -0.25) is 4.79 Å². The molecule has 3 fully saturated rings. The number of aliphatic hydroxyl groups is 11. The lowest BCUT2D eigenvalue weighted by Gasteiger charge is -2.48. The number of ether oxygens (including phenoxy) is 6. The number of hydrogen-bond donors (Lipinski definition) is 12. The van der Waals surface area contributed by atoms with E-state index in [0.29, 0.717) is 6.42 Å². The third kappa shape index (κ3) is 36.9. The Kier molecular flexibility index (Phi) is 50.9. The van der Waals surface area contributed by atoms with Crippen LogP contribution in [-0.2, 0) is 33.2 Å². The Balaban J connectivity index is 1.41. The highest BCUT2D eigenvalue weighted by atomic mass is 16.8. The molecule has 19 nitrogen and oxygen atoms in total. The first-order chi connectivity index (χ1) is 45.8. The molecule has 0 radical (unpaired) electrons. The number of amides is 1. The predicted octanol–water partition coefficient (Wildman–Crippen LogP) is 10.9. The molecule has 12 N–H and O–H groups in total. The Hall–Kier alpha value is -2.77. The van der Waals surface area contributed by atoms with E-state index in [9.17, 15) is 61.0 Å². The first-order valence-electron chi connectivity index (χ1n) is 37.2. The lowest BCUT2D eigenvalue weighted by Crippen LogP contribution is -2.66. The summed E-state index contributed by atoms with van der Waals surface area (Å²) in [7, 11) is 0. The van der Waals surface area contributed by atoms with Crippen LogP contribution in [0.15, 0.2) is 72.9 Å². The van der Waals surface area contributed by atoms with E-state index in [2.05, 4.69) is 79.9 Å². The van der Waals surface area contributed by atoms with Crippen LogP contribution in [0.5, 0.6) is 0 Å². The topological polar surface area (TPSA) is 307 Å². The molecule has 0 aromatic carbocycles. The van der Waals surface area contributed by atoms with Gasteiger partial charge in [0, 0.05) is 6.42 Å². The van der Waals surface area contributed by atoms with E-state index in [1.54, 1.807) is 6.08 Å². The lowest BCUT2D eigenvalue weighted by molar-refractivity contribution is -0.379. The van der Waals surface area contributed by atoms with Crippen molar-refractivity contribution >= 4 is 5.91 Å². The Morgan fingerprint density at radius 1 is 0.394 bits per heavy atom. The fraction of sp³-hybridized carbons (Fsp3) is 0.827. The van der Waals surface area contributed by atoms with Gasteiger partial charge in [-0.2, -0.15) is 0 Å². The summed E-state index contributed by atoms with van der Waals surface area (Å²) in [4.78, 5) is 13.4. The van der Waals surface area contributed by atoms with Crippen molar-refractivity contribution in [3.05, 3.63) is 72.9 Å². The summed E-state index contributed by atoms with van der Waals surface area (Å²) in [5, 5.41) is 121. The summed E-state index contributed by atoms with van der Waals surface area (Å²) in [6.07, 6.45) is 44.6. The zero-order chi connectivity index (χ0) is 68.2. The Morgan fingerprint density at radius 3 is 1.15 bits per heavy atom. The van der Waals surface area contributed by atoms with Crippen LogP contribution in [0.4, 0.5) is 0 Å². The quantitative estimate of drug-likeness (QED) is 0.0199. The van der Waals surface area contributed by atoms with Crippen LogP contribution in [0, 0.1) is 0 Å². The van der Waals surface area contributed by atoms with Crippen molar-refractivity contribution in [2.75, 3.05) is 26.4 Å². The Morgan fingerprint density at radius 2 is 0.734 bits per heavy atom.